The number of aliphatic hydroxyl groups excluding tert-OH is 1. The van der Waals surface area contributed by atoms with E-state index in [0.29, 0.717) is 0 Å². The topological polar surface area (TPSA) is 101 Å². The number of rotatable bonds is 4. The molecule has 0 aliphatic heterocycles. The third kappa shape index (κ3) is 10.8. The summed E-state index contributed by atoms with van der Waals surface area (Å²) in [6.07, 6.45) is 0.180. The van der Waals surface area contributed by atoms with Gasteiger partial charge in [-0.15, -0.1) is 0 Å². The number of hydrogen-bond acceptors (Lipinski definition) is 4. The molecule has 1 atom stereocenters. The zero-order valence-corrected chi connectivity index (χ0v) is 6.21. The Hall–Kier alpha value is 0.830. The molecule has 0 amide bonds. The summed E-state index contributed by atoms with van der Waals surface area (Å²) in [6, 6.07) is -0.681. The summed E-state index contributed by atoms with van der Waals surface area (Å²) in [6.45, 7) is -0.170. The molecule has 0 rings (SSSR count). The second-order valence-electron chi connectivity index (χ2n) is 2.02. The van der Waals surface area contributed by atoms with Crippen molar-refractivity contribution in [2.75, 3.05) is 12.4 Å². The monoisotopic (exact) mass is 193 g/mol. The van der Waals surface area contributed by atoms with Crippen LogP contribution in [0.3, 0.4) is 0 Å². The molecule has 0 heterocycles. The van der Waals surface area contributed by atoms with E-state index in [0.717, 1.165) is 0 Å². The van der Waals surface area contributed by atoms with Crippen LogP contribution >= 0.6 is 0 Å². The third-order valence-electron chi connectivity index (χ3n) is 0.925. The first-order valence-electron chi connectivity index (χ1n) is 2.77. The number of hydrogen-bond donors (Lipinski definition) is 3. The predicted octanol–water partition coefficient (Wildman–Crippen LogP) is -2.06. The Morgan fingerprint density at radius 2 is 1.91 bits per heavy atom. The Labute approximate surface area is 88.0 Å². The normalized spacial score (nSPS) is 13.7. The van der Waals surface area contributed by atoms with Crippen molar-refractivity contribution in [1.29, 1.82) is 0 Å². The standard InChI is InChI=1S/C4H11NO4S.Na.H/c5-4(1-2-6)3-10(7,8)9;;/h4,6H,1-3,5H2,(H,7,8,9);;. The van der Waals surface area contributed by atoms with Gasteiger partial charge in [0.15, 0.2) is 0 Å². The van der Waals surface area contributed by atoms with Gasteiger partial charge < -0.3 is 10.8 Å². The zero-order chi connectivity index (χ0) is 8.20. The minimum absolute atomic E-state index is 0. The van der Waals surface area contributed by atoms with Crippen LogP contribution < -0.4 is 5.73 Å². The molecule has 11 heavy (non-hydrogen) atoms. The summed E-state index contributed by atoms with van der Waals surface area (Å²) >= 11 is 0. The molecule has 0 aromatic rings. The average Bonchev–Trinajstić information content (AvgIpc) is 1.59. The molecule has 0 aromatic carbocycles. The quantitative estimate of drug-likeness (QED) is 0.352. The Kier molecular flexibility index (Phi) is 8.30. The van der Waals surface area contributed by atoms with Gasteiger partial charge in [0, 0.05) is 12.6 Å². The minimum atomic E-state index is -3.98. The van der Waals surface area contributed by atoms with Crippen molar-refractivity contribution in [2.24, 2.45) is 5.73 Å². The van der Waals surface area contributed by atoms with Crippen molar-refractivity contribution in [3.8, 4) is 0 Å². The third-order valence-corrected chi connectivity index (χ3v) is 1.77. The average molecular weight is 193 g/mol. The molecule has 0 saturated carbocycles. The number of nitrogens with two attached hydrogens (primary N) is 1. The second kappa shape index (κ2) is 6.36. The van der Waals surface area contributed by atoms with E-state index < -0.39 is 21.9 Å². The summed E-state index contributed by atoms with van der Waals surface area (Å²) in [5.74, 6) is -0.493. The molecule has 1 unspecified atom stereocenters. The Bertz CT molecular complexity index is 181. The molecule has 0 fully saturated rings. The molecular formula is C4H12NNaO4S. The van der Waals surface area contributed by atoms with Crippen LogP contribution in [0.1, 0.15) is 6.42 Å². The van der Waals surface area contributed by atoms with Crippen LogP contribution in [0.4, 0.5) is 0 Å². The summed E-state index contributed by atoms with van der Waals surface area (Å²) in [5.41, 5.74) is 5.17. The van der Waals surface area contributed by atoms with Crippen LogP contribution in [-0.4, -0.2) is 66.0 Å². The van der Waals surface area contributed by atoms with E-state index in [1.54, 1.807) is 0 Å². The molecule has 7 heteroatoms. The van der Waals surface area contributed by atoms with E-state index >= 15 is 0 Å². The van der Waals surface area contributed by atoms with Crippen molar-refractivity contribution in [3.63, 3.8) is 0 Å². The zero-order valence-electron chi connectivity index (χ0n) is 5.40. The van der Waals surface area contributed by atoms with Gasteiger partial charge in [-0.05, 0) is 6.42 Å². The van der Waals surface area contributed by atoms with Crippen LogP contribution in [0.15, 0.2) is 0 Å². The van der Waals surface area contributed by atoms with Crippen molar-refractivity contribution >= 4 is 39.7 Å². The molecule has 0 bridgehead atoms. The van der Waals surface area contributed by atoms with Crippen LogP contribution in [-0.2, 0) is 10.1 Å². The SMILES string of the molecule is NC(CCO)CS(=O)(=O)O.[NaH]. The van der Waals surface area contributed by atoms with Crippen LogP contribution in [0, 0.1) is 0 Å². The number of aliphatic hydroxyl groups is 1. The van der Waals surface area contributed by atoms with Gasteiger partial charge >= 0.3 is 29.6 Å². The van der Waals surface area contributed by atoms with Crippen molar-refractivity contribution in [3.05, 3.63) is 0 Å². The maximum atomic E-state index is 10.1. The van der Waals surface area contributed by atoms with Crippen molar-refractivity contribution in [1.82, 2.24) is 0 Å². The van der Waals surface area contributed by atoms with Gasteiger partial charge in [0.2, 0.25) is 0 Å². The van der Waals surface area contributed by atoms with Gasteiger partial charge in [-0.3, -0.25) is 4.55 Å². The van der Waals surface area contributed by atoms with E-state index in [2.05, 4.69) is 0 Å². The van der Waals surface area contributed by atoms with Gasteiger partial charge in [-0.2, -0.15) is 8.42 Å². The summed E-state index contributed by atoms with van der Waals surface area (Å²) in [5, 5.41) is 8.28. The van der Waals surface area contributed by atoms with Gasteiger partial charge in [0.05, 0.1) is 5.75 Å². The maximum absolute atomic E-state index is 10.1. The Morgan fingerprint density at radius 3 is 2.18 bits per heavy atom. The molecule has 0 aliphatic carbocycles. The molecule has 0 radical (unpaired) electrons. The molecule has 5 nitrogen and oxygen atoms in total. The molecule has 4 N–H and O–H groups in total. The molecule has 0 aliphatic rings. The summed E-state index contributed by atoms with van der Waals surface area (Å²) in [4.78, 5) is 0. The van der Waals surface area contributed by atoms with E-state index in [9.17, 15) is 8.42 Å². The molecule has 0 saturated heterocycles. The van der Waals surface area contributed by atoms with Crippen LogP contribution in [0.5, 0.6) is 0 Å². The molecular weight excluding hydrogens is 181 g/mol. The predicted molar refractivity (Wildman–Crippen MR) is 43.2 cm³/mol. The van der Waals surface area contributed by atoms with E-state index in [4.69, 9.17) is 15.4 Å². The van der Waals surface area contributed by atoms with Gasteiger partial charge in [-0.25, -0.2) is 0 Å². The summed E-state index contributed by atoms with van der Waals surface area (Å²) in [7, 11) is -3.98. The van der Waals surface area contributed by atoms with Gasteiger partial charge in [-0.1, -0.05) is 0 Å². The summed E-state index contributed by atoms with van der Waals surface area (Å²) < 4.78 is 28.4. The van der Waals surface area contributed by atoms with E-state index in [-0.39, 0.29) is 42.6 Å². The first kappa shape index (κ1) is 14.4. The fourth-order valence-electron chi connectivity index (χ4n) is 0.520. The van der Waals surface area contributed by atoms with E-state index in [1.807, 2.05) is 0 Å². The van der Waals surface area contributed by atoms with Crippen LogP contribution in [0.2, 0.25) is 0 Å². The first-order chi connectivity index (χ1) is 4.45. The fourth-order valence-corrected chi connectivity index (χ4v) is 1.23. The van der Waals surface area contributed by atoms with E-state index in [1.165, 1.54) is 0 Å². The molecule has 0 aromatic heterocycles. The van der Waals surface area contributed by atoms with Crippen LogP contribution in [0.25, 0.3) is 0 Å². The molecule has 64 valence electrons. The van der Waals surface area contributed by atoms with Crippen molar-refractivity contribution in [2.45, 2.75) is 12.5 Å². The molecule has 0 spiro atoms. The Morgan fingerprint density at radius 1 is 1.45 bits per heavy atom. The fraction of sp³-hybridized carbons (Fsp3) is 1.00. The van der Waals surface area contributed by atoms with Crippen molar-refractivity contribution < 1.29 is 18.1 Å². The van der Waals surface area contributed by atoms with Gasteiger partial charge in [0.25, 0.3) is 10.1 Å². The van der Waals surface area contributed by atoms with Gasteiger partial charge in [0.1, 0.15) is 0 Å². The first-order valence-corrected chi connectivity index (χ1v) is 4.38. The Balaban J connectivity index is 0. The second-order valence-corrected chi connectivity index (χ2v) is 3.52.